The third kappa shape index (κ3) is 4.38. The Labute approximate surface area is 158 Å². The molecule has 0 aliphatic carbocycles. The van der Waals surface area contributed by atoms with E-state index in [-0.39, 0.29) is 5.88 Å². The molecule has 1 aromatic carbocycles. The van der Waals surface area contributed by atoms with E-state index in [1.807, 2.05) is 28.8 Å². The number of azo groups is 1. The topological polar surface area (TPSA) is 75.6 Å². The molecule has 0 radical (unpaired) electrons. The molecule has 7 nitrogen and oxygen atoms in total. The summed E-state index contributed by atoms with van der Waals surface area (Å²) in [5, 5.41) is 23.2. The van der Waals surface area contributed by atoms with Crippen LogP contribution in [0.1, 0.15) is 13.3 Å². The molecular weight excluding hydrogens is 350 g/mol. The number of nitrogens with one attached hydrogen (secondary N) is 2. The number of fused-ring (bicyclic) bond motifs is 1. The van der Waals surface area contributed by atoms with E-state index in [4.69, 9.17) is 17.0 Å². The molecule has 1 aromatic heterocycles. The maximum atomic E-state index is 10.5. The summed E-state index contributed by atoms with van der Waals surface area (Å²) >= 11 is 5.25. The first-order valence-electron chi connectivity index (χ1n) is 9.11. The molecule has 1 aliphatic rings. The van der Waals surface area contributed by atoms with E-state index in [1.54, 1.807) is 0 Å². The number of ether oxygens (including phenoxy) is 1. The van der Waals surface area contributed by atoms with Crippen LogP contribution in [0.15, 0.2) is 34.5 Å². The highest BCUT2D eigenvalue weighted by Crippen LogP contribution is 2.38. The van der Waals surface area contributed by atoms with Gasteiger partial charge in [-0.3, -0.25) is 0 Å². The van der Waals surface area contributed by atoms with Crippen molar-refractivity contribution in [2.45, 2.75) is 19.9 Å². The summed E-state index contributed by atoms with van der Waals surface area (Å²) in [6.45, 7) is 8.22. The van der Waals surface area contributed by atoms with Gasteiger partial charge in [0.1, 0.15) is 13.1 Å². The van der Waals surface area contributed by atoms with Crippen LogP contribution in [0.2, 0.25) is 0 Å². The van der Waals surface area contributed by atoms with Crippen molar-refractivity contribution in [2.75, 3.05) is 39.4 Å². The summed E-state index contributed by atoms with van der Waals surface area (Å²) in [5.41, 5.74) is 1.42. The first-order valence-corrected chi connectivity index (χ1v) is 9.52. The van der Waals surface area contributed by atoms with Gasteiger partial charge in [-0.25, -0.2) is 0 Å². The van der Waals surface area contributed by atoms with Gasteiger partial charge in [-0.05, 0) is 24.7 Å². The van der Waals surface area contributed by atoms with Crippen LogP contribution in [0.25, 0.3) is 10.9 Å². The first kappa shape index (κ1) is 18.8. The number of hydrogen-bond donors (Lipinski definition) is 3. The molecule has 26 heavy (non-hydrogen) atoms. The van der Waals surface area contributed by atoms with E-state index in [2.05, 4.69) is 22.5 Å². The van der Waals surface area contributed by atoms with Crippen molar-refractivity contribution in [3.8, 4) is 5.88 Å². The Morgan fingerprint density at radius 2 is 2.12 bits per heavy atom. The van der Waals surface area contributed by atoms with Gasteiger partial charge in [0, 0.05) is 11.9 Å². The number of hydrogen-bond acceptors (Lipinski definition) is 4. The number of benzene rings is 1. The zero-order valence-electron chi connectivity index (χ0n) is 15.1. The minimum Gasteiger partial charge on any atom is -0.493 e. The van der Waals surface area contributed by atoms with Gasteiger partial charge in [0.05, 0.1) is 31.8 Å². The van der Waals surface area contributed by atoms with Crippen LogP contribution in [0.5, 0.6) is 5.88 Å². The second-order valence-corrected chi connectivity index (χ2v) is 6.77. The molecule has 0 atom stereocenters. The van der Waals surface area contributed by atoms with E-state index in [0.29, 0.717) is 10.8 Å². The molecule has 0 unspecified atom stereocenters. The Morgan fingerprint density at radius 3 is 2.88 bits per heavy atom. The molecule has 3 rings (SSSR count). The molecule has 1 aliphatic heterocycles. The average Bonchev–Trinajstić information content (AvgIpc) is 2.93. The average molecular weight is 377 g/mol. The van der Waals surface area contributed by atoms with Crippen molar-refractivity contribution in [1.29, 1.82) is 0 Å². The number of aromatic hydroxyl groups is 1. The van der Waals surface area contributed by atoms with E-state index < -0.39 is 0 Å². The fourth-order valence-corrected chi connectivity index (χ4v) is 3.35. The second kappa shape index (κ2) is 9.07. The third-order valence-electron chi connectivity index (χ3n) is 4.56. The summed E-state index contributed by atoms with van der Waals surface area (Å²) in [6, 6.07) is 7.80. The number of aryl methyl sites for hydroxylation is 1. The van der Waals surface area contributed by atoms with Crippen molar-refractivity contribution >= 4 is 33.9 Å². The predicted octanol–water partition coefficient (Wildman–Crippen LogP) is 1.63. The SMILES string of the molecule is CCCn1c(O)c(N=NC(=S)NCC[NH+]2CCOCC2)c2ccccc21. The molecule has 0 amide bonds. The van der Waals surface area contributed by atoms with Crippen molar-refractivity contribution in [2.24, 2.45) is 10.2 Å². The third-order valence-corrected chi connectivity index (χ3v) is 4.79. The standard InChI is InChI=1S/C18H25N5O2S/c1-2-8-23-15-6-4-3-5-14(15)16(17(23)24)20-21-18(26)19-7-9-22-10-12-25-13-11-22/h3-6,24H,2,7-13H2,1H3,(H,19,26)/p+1. The first-order chi connectivity index (χ1) is 12.7. The molecule has 2 aromatic rings. The zero-order valence-corrected chi connectivity index (χ0v) is 15.9. The summed E-state index contributed by atoms with van der Waals surface area (Å²) in [6.07, 6.45) is 0.923. The maximum Gasteiger partial charge on any atom is 0.220 e. The Hall–Kier alpha value is -2.03. The second-order valence-electron chi connectivity index (χ2n) is 6.39. The predicted molar refractivity (Wildman–Crippen MR) is 105 cm³/mol. The Morgan fingerprint density at radius 1 is 1.35 bits per heavy atom. The number of rotatable bonds is 6. The van der Waals surface area contributed by atoms with Crippen LogP contribution in [-0.4, -0.2) is 54.2 Å². The lowest BCUT2D eigenvalue weighted by atomic mass is 10.2. The molecule has 2 heterocycles. The van der Waals surface area contributed by atoms with Gasteiger partial charge >= 0.3 is 0 Å². The van der Waals surface area contributed by atoms with Crippen LogP contribution in [0, 0.1) is 0 Å². The Kier molecular flexibility index (Phi) is 6.54. The maximum absolute atomic E-state index is 10.5. The number of nitrogens with zero attached hydrogens (tertiary/aromatic N) is 3. The van der Waals surface area contributed by atoms with Crippen LogP contribution in [-0.2, 0) is 11.3 Å². The fourth-order valence-electron chi connectivity index (χ4n) is 3.21. The van der Waals surface area contributed by atoms with Crippen LogP contribution in [0.3, 0.4) is 0 Å². The van der Waals surface area contributed by atoms with Gasteiger partial charge in [-0.2, -0.15) is 0 Å². The lowest BCUT2D eigenvalue weighted by molar-refractivity contribution is -0.906. The van der Waals surface area contributed by atoms with Crippen LogP contribution >= 0.6 is 12.2 Å². The molecular formula is C18H26N5O2S+. The minimum absolute atomic E-state index is 0.136. The molecule has 8 heteroatoms. The molecule has 0 saturated carbocycles. The summed E-state index contributed by atoms with van der Waals surface area (Å²) in [7, 11) is 0. The molecule has 140 valence electrons. The largest absolute Gasteiger partial charge is 0.493 e. The monoisotopic (exact) mass is 376 g/mol. The minimum atomic E-state index is 0.136. The van der Waals surface area contributed by atoms with Crippen LogP contribution in [0.4, 0.5) is 5.69 Å². The smallest absolute Gasteiger partial charge is 0.220 e. The quantitative estimate of drug-likeness (QED) is 0.529. The van der Waals surface area contributed by atoms with E-state index in [1.165, 1.54) is 4.90 Å². The molecule has 0 spiro atoms. The summed E-state index contributed by atoms with van der Waals surface area (Å²) < 4.78 is 7.22. The number of thiocarbonyl (C=S) groups is 1. The zero-order chi connectivity index (χ0) is 18.4. The van der Waals surface area contributed by atoms with E-state index in [9.17, 15) is 5.11 Å². The van der Waals surface area contributed by atoms with E-state index >= 15 is 0 Å². The van der Waals surface area contributed by atoms with Crippen molar-refractivity contribution in [3.63, 3.8) is 0 Å². The summed E-state index contributed by atoms with van der Waals surface area (Å²) in [4.78, 5) is 1.50. The Bertz CT molecular complexity index is 783. The number of para-hydroxylation sites is 1. The number of quaternary nitrogens is 1. The van der Waals surface area contributed by atoms with Crippen molar-refractivity contribution in [1.82, 2.24) is 9.88 Å². The van der Waals surface area contributed by atoms with Gasteiger partial charge in [0.15, 0.2) is 5.69 Å². The van der Waals surface area contributed by atoms with Gasteiger partial charge in [0.2, 0.25) is 11.0 Å². The van der Waals surface area contributed by atoms with E-state index in [0.717, 1.165) is 63.3 Å². The number of aromatic nitrogens is 1. The highest BCUT2D eigenvalue weighted by atomic mass is 32.1. The molecule has 1 saturated heterocycles. The van der Waals surface area contributed by atoms with Gasteiger partial charge in [0.25, 0.3) is 0 Å². The molecule has 0 bridgehead atoms. The summed E-state index contributed by atoms with van der Waals surface area (Å²) in [5.74, 6) is 0.136. The number of morpholine rings is 1. The van der Waals surface area contributed by atoms with Crippen molar-refractivity contribution in [3.05, 3.63) is 24.3 Å². The van der Waals surface area contributed by atoms with Gasteiger partial charge in [-0.15, -0.1) is 10.2 Å². The Balaban J connectivity index is 1.64. The molecule has 3 N–H and O–H groups in total. The normalized spacial score (nSPS) is 15.7. The van der Waals surface area contributed by atoms with Gasteiger partial charge < -0.3 is 24.6 Å². The van der Waals surface area contributed by atoms with Crippen LogP contribution < -0.4 is 10.2 Å². The lowest BCUT2D eigenvalue weighted by Gasteiger charge is -2.23. The fraction of sp³-hybridized carbons (Fsp3) is 0.500. The molecule has 1 fully saturated rings. The van der Waals surface area contributed by atoms with Crippen molar-refractivity contribution < 1.29 is 14.7 Å². The highest BCUT2D eigenvalue weighted by Gasteiger charge is 2.16. The van der Waals surface area contributed by atoms with Gasteiger partial charge in [-0.1, -0.05) is 25.1 Å². The lowest BCUT2D eigenvalue weighted by Crippen LogP contribution is -3.14. The highest BCUT2D eigenvalue weighted by molar-refractivity contribution is 7.80.